The smallest absolute Gasteiger partial charge is 0.284 e. The zero-order valence-electron chi connectivity index (χ0n) is 26.4. The lowest BCUT2D eigenvalue weighted by atomic mass is 9.65. The van der Waals surface area contributed by atoms with Crippen LogP contribution in [0.25, 0.3) is 5.65 Å². The molecule has 1 aliphatic carbocycles. The summed E-state index contributed by atoms with van der Waals surface area (Å²) in [6.07, 6.45) is 14.2. The molecule has 5 aliphatic rings. The number of aromatic nitrogens is 5. The van der Waals surface area contributed by atoms with Crippen LogP contribution in [0.4, 0.5) is 20.3 Å². The zero-order valence-corrected chi connectivity index (χ0v) is 26.4. The van der Waals surface area contributed by atoms with Gasteiger partial charge in [0.05, 0.1) is 30.1 Å². The van der Waals surface area contributed by atoms with Gasteiger partial charge in [0.25, 0.3) is 12.3 Å². The lowest BCUT2D eigenvalue weighted by molar-refractivity contribution is 0.0302. The summed E-state index contributed by atoms with van der Waals surface area (Å²) >= 11 is 0. The third-order valence-corrected chi connectivity index (χ3v) is 11.5. The molecule has 8 rings (SSSR count). The Morgan fingerprint density at radius 2 is 1.78 bits per heavy atom. The summed E-state index contributed by atoms with van der Waals surface area (Å²) in [5.74, 6) is 0.976. The number of nitrogens with zero attached hydrogens (tertiary/aromatic N) is 7. The van der Waals surface area contributed by atoms with Crippen LogP contribution in [-0.2, 0) is 4.74 Å². The van der Waals surface area contributed by atoms with E-state index >= 15 is 0 Å². The summed E-state index contributed by atoms with van der Waals surface area (Å²) in [6, 6.07) is 1.91. The first-order valence-corrected chi connectivity index (χ1v) is 17.3. The number of halogens is 2. The lowest BCUT2D eigenvalue weighted by Gasteiger charge is -2.44. The van der Waals surface area contributed by atoms with Crippen molar-refractivity contribution in [2.45, 2.75) is 88.9 Å². The largest absolute Gasteiger partial charge is 0.371 e. The van der Waals surface area contributed by atoms with Gasteiger partial charge in [-0.3, -0.25) is 9.48 Å². The van der Waals surface area contributed by atoms with Crippen molar-refractivity contribution in [3.63, 3.8) is 0 Å². The quantitative estimate of drug-likeness (QED) is 0.385. The first kappa shape index (κ1) is 30.2. The number of fused-ring (bicyclic) bond motifs is 3. The SMILES string of the molecule is O=C(Nc1cn(C2CCN(CC3CCC4(CCNCC4)CC3)CC2)nc1C(F)F)c1cnn2ccc(N3CC4CCC(C3)O4)nc12. The Labute approximate surface area is 268 Å². The number of piperidine rings is 2. The highest BCUT2D eigenvalue weighted by molar-refractivity contribution is 6.08. The highest BCUT2D eigenvalue weighted by atomic mass is 19.3. The van der Waals surface area contributed by atoms with Crippen LogP contribution in [0.15, 0.2) is 24.7 Å². The van der Waals surface area contributed by atoms with Gasteiger partial charge in [-0.1, -0.05) is 0 Å². The molecular formula is C33H45F2N9O2. The Balaban J connectivity index is 0.903. The molecule has 1 saturated carbocycles. The van der Waals surface area contributed by atoms with Gasteiger partial charge in [0, 0.05) is 45.1 Å². The van der Waals surface area contributed by atoms with Crippen molar-refractivity contribution < 1.29 is 18.3 Å². The fourth-order valence-corrected chi connectivity index (χ4v) is 8.70. The monoisotopic (exact) mass is 637 g/mol. The molecule has 4 saturated heterocycles. The van der Waals surface area contributed by atoms with Gasteiger partial charge in [-0.15, -0.1) is 0 Å². The minimum absolute atomic E-state index is 0.0220. The standard InChI is InChI=1S/C33H45F2N9O2/c34-30(35)29-27(38-32(45)26-17-37-43-16-7-28(39-31(26)43)42-19-24-1-2-25(20-42)46-24)21-44(40-29)23-5-14-41(15-6-23)18-22-3-8-33(9-4-22)10-12-36-13-11-33/h7,16-17,21-25,30,36H,1-6,8-15,18-20H2,(H,38,45). The van der Waals surface area contributed by atoms with Crippen molar-refractivity contribution in [2.24, 2.45) is 11.3 Å². The number of amides is 1. The Morgan fingerprint density at radius 3 is 2.50 bits per heavy atom. The average Bonchev–Trinajstić information content (AvgIpc) is 3.79. The van der Waals surface area contributed by atoms with E-state index in [1.807, 2.05) is 6.07 Å². The first-order valence-electron chi connectivity index (χ1n) is 17.3. The summed E-state index contributed by atoms with van der Waals surface area (Å²) in [4.78, 5) is 22.9. The number of carbonyl (C=O) groups excluding carboxylic acids is 1. The number of ether oxygens (including phenoxy) is 1. The molecule has 2 unspecified atom stereocenters. The van der Waals surface area contributed by atoms with Crippen LogP contribution >= 0.6 is 0 Å². The molecule has 11 nitrogen and oxygen atoms in total. The zero-order chi connectivity index (χ0) is 31.3. The van der Waals surface area contributed by atoms with E-state index in [1.54, 1.807) is 17.1 Å². The van der Waals surface area contributed by atoms with E-state index in [9.17, 15) is 13.6 Å². The Kier molecular flexibility index (Phi) is 8.18. The maximum absolute atomic E-state index is 14.2. The van der Waals surface area contributed by atoms with E-state index in [4.69, 9.17) is 9.72 Å². The Hall–Kier alpha value is -3.16. The van der Waals surface area contributed by atoms with Gasteiger partial charge in [0.1, 0.15) is 11.4 Å². The number of morpholine rings is 1. The molecule has 5 fully saturated rings. The molecule has 1 spiro atoms. The number of likely N-dealkylation sites (tertiary alicyclic amines) is 1. The van der Waals surface area contributed by atoms with E-state index < -0.39 is 18.0 Å². The number of hydrogen-bond acceptors (Lipinski definition) is 8. The molecule has 248 valence electrons. The number of alkyl halides is 2. The number of anilines is 2. The van der Waals surface area contributed by atoms with Crippen LogP contribution in [0.1, 0.15) is 92.7 Å². The van der Waals surface area contributed by atoms with Gasteiger partial charge in [-0.05, 0) is 94.7 Å². The van der Waals surface area contributed by atoms with Crippen molar-refractivity contribution >= 4 is 23.1 Å². The van der Waals surface area contributed by atoms with Crippen LogP contribution in [0.2, 0.25) is 0 Å². The molecule has 3 aromatic rings. The summed E-state index contributed by atoms with van der Waals surface area (Å²) in [7, 11) is 0. The van der Waals surface area contributed by atoms with Crippen LogP contribution in [0.3, 0.4) is 0 Å². The maximum atomic E-state index is 14.2. The van der Waals surface area contributed by atoms with E-state index in [0.717, 1.165) is 70.1 Å². The summed E-state index contributed by atoms with van der Waals surface area (Å²) in [6.45, 7) is 6.84. The van der Waals surface area contributed by atoms with E-state index in [1.165, 1.54) is 62.3 Å². The summed E-state index contributed by atoms with van der Waals surface area (Å²) < 4.78 is 37.4. The first-order chi connectivity index (χ1) is 22.4. The van der Waals surface area contributed by atoms with Crippen molar-refractivity contribution in [1.82, 2.24) is 34.6 Å². The second kappa shape index (κ2) is 12.5. The number of nitrogens with one attached hydrogen (secondary N) is 2. The molecule has 46 heavy (non-hydrogen) atoms. The topological polar surface area (TPSA) is 105 Å². The Bertz CT molecular complexity index is 1520. The van der Waals surface area contributed by atoms with Crippen LogP contribution in [-0.4, -0.2) is 93.2 Å². The van der Waals surface area contributed by atoms with Gasteiger partial charge in [-0.25, -0.2) is 18.3 Å². The van der Waals surface area contributed by atoms with Crippen molar-refractivity contribution in [2.75, 3.05) is 56.0 Å². The molecule has 2 N–H and O–H groups in total. The van der Waals surface area contributed by atoms with Crippen LogP contribution < -0.4 is 15.5 Å². The van der Waals surface area contributed by atoms with Gasteiger partial charge in [0.2, 0.25) is 0 Å². The van der Waals surface area contributed by atoms with Crippen molar-refractivity contribution in [3.8, 4) is 0 Å². The molecule has 0 aromatic carbocycles. The van der Waals surface area contributed by atoms with E-state index in [0.29, 0.717) is 11.1 Å². The second-order valence-electron chi connectivity index (χ2n) is 14.4. The average molecular weight is 638 g/mol. The Morgan fingerprint density at radius 1 is 1.04 bits per heavy atom. The van der Waals surface area contributed by atoms with Crippen molar-refractivity contribution in [3.05, 3.63) is 35.9 Å². The van der Waals surface area contributed by atoms with Gasteiger partial charge in [-0.2, -0.15) is 10.2 Å². The molecular weight excluding hydrogens is 592 g/mol. The fourth-order valence-electron chi connectivity index (χ4n) is 8.70. The molecule has 2 bridgehead atoms. The number of hydrogen-bond donors (Lipinski definition) is 2. The molecule has 4 aliphatic heterocycles. The van der Waals surface area contributed by atoms with Gasteiger partial charge < -0.3 is 25.2 Å². The molecule has 1 amide bonds. The highest BCUT2D eigenvalue weighted by Crippen LogP contribution is 2.45. The van der Waals surface area contributed by atoms with Gasteiger partial charge >= 0.3 is 0 Å². The van der Waals surface area contributed by atoms with E-state index in [-0.39, 0.29) is 29.5 Å². The summed E-state index contributed by atoms with van der Waals surface area (Å²) in [5, 5.41) is 14.8. The second-order valence-corrected chi connectivity index (χ2v) is 14.4. The van der Waals surface area contributed by atoms with Crippen LogP contribution in [0.5, 0.6) is 0 Å². The molecule has 13 heteroatoms. The molecule has 2 atom stereocenters. The minimum atomic E-state index is -2.81. The summed E-state index contributed by atoms with van der Waals surface area (Å²) in [5.41, 5.74) is 0.831. The third kappa shape index (κ3) is 6.01. The fraction of sp³-hybridized carbons (Fsp3) is 0.697. The van der Waals surface area contributed by atoms with Crippen LogP contribution in [0, 0.1) is 11.3 Å². The number of carbonyl (C=O) groups is 1. The minimum Gasteiger partial charge on any atom is -0.371 e. The number of rotatable bonds is 7. The third-order valence-electron chi connectivity index (χ3n) is 11.5. The molecule has 0 radical (unpaired) electrons. The predicted molar refractivity (Wildman–Crippen MR) is 169 cm³/mol. The van der Waals surface area contributed by atoms with Crippen molar-refractivity contribution in [1.29, 1.82) is 0 Å². The predicted octanol–water partition coefficient (Wildman–Crippen LogP) is 4.68. The normalized spacial score (nSPS) is 26.0. The van der Waals surface area contributed by atoms with Gasteiger partial charge in [0.15, 0.2) is 11.3 Å². The lowest BCUT2D eigenvalue weighted by Crippen LogP contribution is -2.43. The van der Waals surface area contributed by atoms with E-state index in [2.05, 4.69) is 30.6 Å². The molecule has 3 aromatic heterocycles. The highest BCUT2D eigenvalue weighted by Gasteiger charge is 2.37. The molecule has 7 heterocycles. The maximum Gasteiger partial charge on any atom is 0.284 e.